The molecule has 7 nitrogen and oxygen atoms in total. The van der Waals surface area contributed by atoms with Gasteiger partial charge in [-0.2, -0.15) is 5.10 Å². The Morgan fingerprint density at radius 1 is 1.33 bits per heavy atom. The molecular formula is C13H19N5O2S. The molecule has 2 heterocycles. The minimum absolute atomic E-state index is 0.0319. The van der Waals surface area contributed by atoms with Gasteiger partial charge in [0, 0.05) is 18.8 Å². The number of aromatic nitrogens is 5. The number of carbonyl (C=O) groups is 1. The first kappa shape index (κ1) is 15.6. The molecule has 0 saturated carbocycles. The van der Waals surface area contributed by atoms with Gasteiger partial charge in [0.2, 0.25) is 0 Å². The van der Waals surface area contributed by atoms with Gasteiger partial charge in [-0.15, -0.1) is 10.2 Å². The van der Waals surface area contributed by atoms with Crippen LogP contribution in [0.3, 0.4) is 0 Å². The number of hydrogen-bond donors (Lipinski definition) is 1. The molecule has 0 aliphatic heterocycles. The molecule has 0 aliphatic carbocycles. The highest BCUT2D eigenvalue weighted by Gasteiger charge is 2.22. The van der Waals surface area contributed by atoms with E-state index in [1.807, 2.05) is 44.0 Å². The quantitative estimate of drug-likeness (QED) is 0.851. The molecule has 0 unspecified atom stereocenters. The second kappa shape index (κ2) is 5.88. The lowest BCUT2D eigenvalue weighted by Gasteiger charge is -2.13. The van der Waals surface area contributed by atoms with Crippen molar-refractivity contribution in [3.05, 3.63) is 11.4 Å². The van der Waals surface area contributed by atoms with Crippen molar-refractivity contribution in [3.63, 3.8) is 0 Å². The van der Waals surface area contributed by atoms with Gasteiger partial charge in [0.15, 0.2) is 11.0 Å². The number of aliphatic carboxylic acids is 1. The monoisotopic (exact) mass is 309 g/mol. The van der Waals surface area contributed by atoms with Crippen LogP contribution >= 0.6 is 11.8 Å². The fourth-order valence-corrected chi connectivity index (χ4v) is 3.02. The van der Waals surface area contributed by atoms with Gasteiger partial charge in [-0.3, -0.25) is 14.0 Å². The summed E-state index contributed by atoms with van der Waals surface area (Å²) in [6, 6.07) is 0.130. The van der Waals surface area contributed by atoms with E-state index in [0.717, 1.165) is 22.8 Å². The van der Waals surface area contributed by atoms with Crippen molar-refractivity contribution in [1.29, 1.82) is 0 Å². The molecule has 8 heteroatoms. The fraction of sp³-hybridized carbons (Fsp3) is 0.538. The molecule has 2 rings (SSSR count). The minimum Gasteiger partial charge on any atom is -0.481 e. The zero-order valence-corrected chi connectivity index (χ0v) is 13.6. The Morgan fingerprint density at radius 2 is 2.00 bits per heavy atom. The van der Waals surface area contributed by atoms with Crippen LogP contribution in [0.5, 0.6) is 0 Å². The van der Waals surface area contributed by atoms with Crippen molar-refractivity contribution in [2.75, 3.05) is 5.75 Å². The molecule has 2 aromatic rings. The molecule has 114 valence electrons. The standard InChI is InChI=1S/C13H19N5O2S/c1-7(2)18-12(11-8(3)16-17(5)9(11)4)14-15-13(18)21-6-10(19)20/h7H,6H2,1-5H3,(H,19,20). The molecule has 1 N–H and O–H groups in total. The maximum Gasteiger partial charge on any atom is 0.313 e. The van der Waals surface area contributed by atoms with Gasteiger partial charge >= 0.3 is 5.97 Å². The van der Waals surface area contributed by atoms with Gasteiger partial charge in [0.05, 0.1) is 17.0 Å². The minimum atomic E-state index is -0.867. The largest absolute Gasteiger partial charge is 0.481 e. The molecule has 0 radical (unpaired) electrons. The molecule has 0 bridgehead atoms. The fourth-order valence-electron chi connectivity index (χ4n) is 2.23. The van der Waals surface area contributed by atoms with Crippen LogP contribution in [0.2, 0.25) is 0 Å². The molecule has 0 spiro atoms. The lowest BCUT2D eigenvalue weighted by molar-refractivity contribution is -0.133. The van der Waals surface area contributed by atoms with Crippen molar-refractivity contribution < 1.29 is 9.90 Å². The van der Waals surface area contributed by atoms with Crippen LogP contribution in [0.4, 0.5) is 0 Å². The predicted molar refractivity (Wildman–Crippen MR) is 80.4 cm³/mol. The summed E-state index contributed by atoms with van der Waals surface area (Å²) in [5, 5.41) is 22.3. The molecular weight excluding hydrogens is 290 g/mol. The Bertz CT molecular complexity index is 674. The normalized spacial score (nSPS) is 11.3. The van der Waals surface area contributed by atoms with E-state index in [4.69, 9.17) is 5.11 Å². The number of aryl methyl sites for hydroxylation is 2. The summed E-state index contributed by atoms with van der Waals surface area (Å²) in [6.45, 7) is 7.97. The number of thioether (sulfide) groups is 1. The Balaban J connectivity index is 2.52. The molecule has 2 aromatic heterocycles. The van der Waals surface area contributed by atoms with Crippen molar-refractivity contribution in [3.8, 4) is 11.4 Å². The van der Waals surface area contributed by atoms with E-state index in [1.165, 1.54) is 11.8 Å². The van der Waals surface area contributed by atoms with Crippen molar-refractivity contribution >= 4 is 17.7 Å². The number of carboxylic acids is 1. The maximum atomic E-state index is 10.8. The topological polar surface area (TPSA) is 85.8 Å². The number of carboxylic acid groups (broad SMARTS) is 1. The van der Waals surface area contributed by atoms with Crippen LogP contribution in [-0.2, 0) is 11.8 Å². The van der Waals surface area contributed by atoms with Gasteiger partial charge < -0.3 is 5.11 Å². The van der Waals surface area contributed by atoms with E-state index >= 15 is 0 Å². The molecule has 0 fully saturated rings. The summed E-state index contributed by atoms with van der Waals surface area (Å²) in [5.41, 5.74) is 2.86. The molecule has 0 aliphatic rings. The van der Waals surface area contributed by atoms with Crippen LogP contribution in [0, 0.1) is 13.8 Å². The summed E-state index contributed by atoms with van der Waals surface area (Å²) in [4.78, 5) is 10.8. The van der Waals surface area contributed by atoms with E-state index in [9.17, 15) is 4.79 Å². The lowest BCUT2D eigenvalue weighted by Crippen LogP contribution is -2.07. The highest BCUT2D eigenvalue weighted by molar-refractivity contribution is 7.99. The Hall–Kier alpha value is -1.83. The molecule has 0 amide bonds. The summed E-state index contributed by atoms with van der Waals surface area (Å²) in [6.07, 6.45) is 0. The van der Waals surface area contributed by atoms with Gasteiger partial charge in [0.25, 0.3) is 0 Å². The lowest BCUT2D eigenvalue weighted by atomic mass is 10.2. The average Bonchev–Trinajstić information content (AvgIpc) is 2.89. The molecule has 0 saturated heterocycles. The first-order valence-corrected chi connectivity index (χ1v) is 7.61. The summed E-state index contributed by atoms with van der Waals surface area (Å²) >= 11 is 1.18. The Morgan fingerprint density at radius 3 is 2.48 bits per heavy atom. The van der Waals surface area contributed by atoms with E-state index in [2.05, 4.69) is 15.3 Å². The van der Waals surface area contributed by atoms with Crippen LogP contribution in [0.15, 0.2) is 5.16 Å². The highest BCUT2D eigenvalue weighted by Crippen LogP contribution is 2.31. The van der Waals surface area contributed by atoms with Gasteiger partial charge in [0.1, 0.15) is 0 Å². The maximum absolute atomic E-state index is 10.8. The molecule has 0 aromatic carbocycles. The van der Waals surface area contributed by atoms with Gasteiger partial charge in [-0.05, 0) is 27.7 Å². The summed E-state index contributed by atoms with van der Waals surface area (Å²) < 4.78 is 3.78. The van der Waals surface area contributed by atoms with Crippen molar-refractivity contribution in [2.45, 2.75) is 38.9 Å². The van der Waals surface area contributed by atoms with Gasteiger partial charge in [-0.1, -0.05) is 11.8 Å². The summed E-state index contributed by atoms with van der Waals surface area (Å²) in [7, 11) is 1.89. The highest BCUT2D eigenvalue weighted by atomic mass is 32.2. The number of hydrogen-bond acceptors (Lipinski definition) is 5. The van der Waals surface area contributed by atoms with Crippen LogP contribution in [-0.4, -0.2) is 41.4 Å². The average molecular weight is 309 g/mol. The predicted octanol–water partition coefficient (Wildman–Crippen LogP) is 2.05. The third kappa shape index (κ3) is 2.94. The van der Waals surface area contributed by atoms with E-state index < -0.39 is 5.97 Å². The van der Waals surface area contributed by atoms with Crippen molar-refractivity contribution in [2.24, 2.45) is 7.05 Å². The Labute approximate surface area is 127 Å². The molecule has 21 heavy (non-hydrogen) atoms. The van der Waals surface area contributed by atoms with E-state index in [1.54, 1.807) is 0 Å². The zero-order chi connectivity index (χ0) is 15.7. The zero-order valence-electron chi connectivity index (χ0n) is 12.8. The van der Waals surface area contributed by atoms with Gasteiger partial charge in [-0.25, -0.2) is 0 Å². The SMILES string of the molecule is Cc1nn(C)c(C)c1-c1nnc(SCC(=O)O)n1C(C)C. The van der Waals surface area contributed by atoms with Crippen LogP contribution in [0.25, 0.3) is 11.4 Å². The smallest absolute Gasteiger partial charge is 0.313 e. The van der Waals surface area contributed by atoms with E-state index in [-0.39, 0.29) is 11.8 Å². The molecule has 0 atom stereocenters. The van der Waals surface area contributed by atoms with E-state index in [0.29, 0.717) is 5.16 Å². The Kier molecular flexibility index (Phi) is 4.36. The van der Waals surface area contributed by atoms with Crippen molar-refractivity contribution in [1.82, 2.24) is 24.5 Å². The van der Waals surface area contributed by atoms with Crippen LogP contribution in [0.1, 0.15) is 31.3 Å². The summed E-state index contributed by atoms with van der Waals surface area (Å²) in [5.74, 6) is -0.162. The first-order valence-electron chi connectivity index (χ1n) is 6.63. The number of rotatable bonds is 5. The number of nitrogens with zero attached hydrogens (tertiary/aromatic N) is 5. The second-order valence-electron chi connectivity index (χ2n) is 5.12. The second-order valence-corrected chi connectivity index (χ2v) is 6.06. The third-order valence-corrected chi connectivity index (χ3v) is 4.17. The van der Waals surface area contributed by atoms with Crippen LogP contribution < -0.4 is 0 Å². The first-order chi connectivity index (χ1) is 9.82. The third-order valence-electron chi connectivity index (χ3n) is 3.24.